The van der Waals surface area contributed by atoms with Crippen molar-refractivity contribution in [3.8, 4) is 11.2 Å². The van der Waals surface area contributed by atoms with E-state index in [1.165, 1.54) is 25.3 Å². The number of thiocyanates is 1. The van der Waals surface area contributed by atoms with Crippen LogP contribution in [-0.2, 0) is 0 Å². The van der Waals surface area contributed by atoms with Gasteiger partial charge < -0.3 is 9.84 Å². The fourth-order valence-corrected chi connectivity index (χ4v) is 1.47. The first kappa shape index (κ1) is 10.4. The molecule has 0 bridgehead atoms. The van der Waals surface area contributed by atoms with E-state index >= 15 is 0 Å². The lowest BCUT2D eigenvalue weighted by molar-refractivity contribution is 0.0696. The number of carboxylic acids is 1. The van der Waals surface area contributed by atoms with Crippen molar-refractivity contribution in [3.63, 3.8) is 0 Å². The number of aromatic carboxylic acids is 1. The van der Waals surface area contributed by atoms with Gasteiger partial charge in [-0.05, 0) is 30.0 Å². The number of benzene rings is 1. The third-order valence-corrected chi connectivity index (χ3v) is 2.20. The van der Waals surface area contributed by atoms with Gasteiger partial charge >= 0.3 is 5.97 Å². The number of hydrogen-bond donors (Lipinski definition) is 1. The fourth-order valence-electron chi connectivity index (χ4n) is 0.939. The van der Waals surface area contributed by atoms with E-state index in [2.05, 4.69) is 0 Å². The Kier molecular flexibility index (Phi) is 3.37. The van der Waals surface area contributed by atoms with E-state index in [4.69, 9.17) is 15.1 Å². The summed E-state index contributed by atoms with van der Waals surface area (Å²) in [5.74, 6) is -0.519. The van der Waals surface area contributed by atoms with Crippen LogP contribution in [0.25, 0.3) is 0 Å². The second-order valence-corrected chi connectivity index (χ2v) is 3.19. The summed E-state index contributed by atoms with van der Waals surface area (Å²) in [6, 6.07) is 4.38. The molecule has 0 aliphatic heterocycles. The van der Waals surface area contributed by atoms with E-state index in [9.17, 15) is 4.79 Å². The van der Waals surface area contributed by atoms with Crippen LogP contribution < -0.4 is 4.74 Å². The Bertz CT molecular complexity index is 398. The highest BCUT2D eigenvalue weighted by Gasteiger charge is 2.08. The molecule has 1 aromatic rings. The summed E-state index contributed by atoms with van der Waals surface area (Å²) < 4.78 is 4.97. The number of methoxy groups -OCH3 is 1. The molecule has 0 heterocycles. The van der Waals surface area contributed by atoms with Gasteiger partial charge in [0.2, 0.25) is 0 Å². The molecule has 0 radical (unpaired) electrons. The molecule has 0 spiro atoms. The normalized spacial score (nSPS) is 9.14. The second kappa shape index (κ2) is 4.53. The molecule has 0 fully saturated rings. The molecule has 0 aliphatic carbocycles. The molecular formula is C9H7NO3S. The molecule has 72 valence electrons. The third kappa shape index (κ3) is 2.18. The van der Waals surface area contributed by atoms with Crippen LogP contribution in [-0.4, -0.2) is 18.2 Å². The molecule has 0 saturated heterocycles. The Balaban J connectivity index is 3.15. The number of hydrogen-bond acceptors (Lipinski definition) is 4. The fraction of sp³-hybridized carbons (Fsp3) is 0.111. The maximum Gasteiger partial charge on any atom is 0.335 e. The average molecular weight is 209 g/mol. The van der Waals surface area contributed by atoms with Gasteiger partial charge in [-0.3, -0.25) is 0 Å². The molecular weight excluding hydrogens is 202 g/mol. The molecule has 0 aliphatic rings. The van der Waals surface area contributed by atoms with Crippen LogP contribution in [0.2, 0.25) is 0 Å². The topological polar surface area (TPSA) is 70.3 Å². The Hall–Kier alpha value is -1.67. The van der Waals surface area contributed by atoms with Gasteiger partial charge in [-0.25, -0.2) is 4.79 Å². The maximum absolute atomic E-state index is 10.6. The minimum Gasteiger partial charge on any atom is -0.496 e. The summed E-state index contributed by atoms with van der Waals surface area (Å²) >= 11 is 0.875. The quantitative estimate of drug-likeness (QED) is 0.608. The minimum absolute atomic E-state index is 0.142. The van der Waals surface area contributed by atoms with Gasteiger partial charge in [0.15, 0.2) is 0 Å². The van der Waals surface area contributed by atoms with Crippen molar-refractivity contribution in [3.05, 3.63) is 23.8 Å². The van der Waals surface area contributed by atoms with Crippen molar-refractivity contribution in [1.29, 1.82) is 5.26 Å². The summed E-state index contributed by atoms with van der Waals surface area (Å²) in [6.07, 6.45) is 0. The molecule has 0 atom stereocenters. The number of rotatable bonds is 3. The van der Waals surface area contributed by atoms with Crippen LogP contribution in [0, 0.1) is 10.7 Å². The molecule has 0 aromatic heterocycles. The van der Waals surface area contributed by atoms with Crippen molar-refractivity contribution >= 4 is 17.7 Å². The monoisotopic (exact) mass is 209 g/mol. The Labute approximate surface area is 85.1 Å². The Morgan fingerprint density at radius 3 is 2.86 bits per heavy atom. The van der Waals surface area contributed by atoms with Crippen molar-refractivity contribution in [2.45, 2.75) is 4.90 Å². The highest BCUT2D eigenvalue weighted by Crippen LogP contribution is 2.29. The summed E-state index contributed by atoms with van der Waals surface area (Å²) in [4.78, 5) is 11.1. The van der Waals surface area contributed by atoms with E-state index in [-0.39, 0.29) is 5.56 Å². The van der Waals surface area contributed by atoms with E-state index in [0.29, 0.717) is 10.6 Å². The first-order chi connectivity index (χ1) is 6.69. The lowest BCUT2D eigenvalue weighted by Gasteiger charge is -2.04. The van der Waals surface area contributed by atoms with E-state index in [0.717, 1.165) is 11.8 Å². The smallest absolute Gasteiger partial charge is 0.335 e. The first-order valence-electron chi connectivity index (χ1n) is 3.66. The van der Waals surface area contributed by atoms with E-state index in [1.54, 1.807) is 0 Å². The summed E-state index contributed by atoms with van der Waals surface area (Å²) in [5.41, 5.74) is 0.142. The lowest BCUT2D eigenvalue weighted by atomic mass is 10.2. The molecule has 1 rings (SSSR count). The molecule has 14 heavy (non-hydrogen) atoms. The highest BCUT2D eigenvalue weighted by molar-refractivity contribution is 8.03. The molecule has 1 aromatic carbocycles. The molecule has 0 unspecified atom stereocenters. The lowest BCUT2D eigenvalue weighted by Crippen LogP contribution is -1.97. The molecule has 1 N–H and O–H groups in total. The zero-order valence-electron chi connectivity index (χ0n) is 7.35. The number of carbonyl (C=O) groups is 1. The van der Waals surface area contributed by atoms with Crippen LogP contribution in [0.1, 0.15) is 10.4 Å². The van der Waals surface area contributed by atoms with Gasteiger partial charge in [-0.15, -0.1) is 0 Å². The third-order valence-electron chi connectivity index (χ3n) is 1.57. The van der Waals surface area contributed by atoms with Gasteiger partial charge in [0.25, 0.3) is 0 Å². The standard InChI is InChI=1S/C9H7NO3S/c1-13-7-3-2-6(9(11)12)4-8(7)14-5-10/h2-4H,1H3,(H,11,12). The molecule has 5 heteroatoms. The molecule has 4 nitrogen and oxygen atoms in total. The average Bonchev–Trinajstić information content (AvgIpc) is 2.18. The number of carboxylic acid groups (broad SMARTS) is 1. The predicted octanol–water partition coefficient (Wildman–Crippen LogP) is 1.97. The zero-order chi connectivity index (χ0) is 10.6. The zero-order valence-corrected chi connectivity index (χ0v) is 8.17. The van der Waals surface area contributed by atoms with E-state index in [1.807, 2.05) is 5.40 Å². The van der Waals surface area contributed by atoms with E-state index < -0.39 is 5.97 Å². The Morgan fingerprint density at radius 2 is 2.36 bits per heavy atom. The van der Waals surface area contributed by atoms with Crippen molar-refractivity contribution in [2.75, 3.05) is 7.11 Å². The number of nitrogens with zero attached hydrogens (tertiary/aromatic N) is 1. The van der Waals surface area contributed by atoms with Crippen LogP contribution >= 0.6 is 11.8 Å². The number of ether oxygens (including phenoxy) is 1. The van der Waals surface area contributed by atoms with Gasteiger partial charge in [0, 0.05) is 0 Å². The van der Waals surface area contributed by atoms with Crippen LogP contribution in [0.5, 0.6) is 5.75 Å². The SMILES string of the molecule is COc1ccc(C(=O)O)cc1SC#N. The van der Waals surface area contributed by atoms with Gasteiger partial charge in [0.1, 0.15) is 11.2 Å². The first-order valence-corrected chi connectivity index (χ1v) is 4.48. The van der Waals surface area contributed by atoms with Crippen LogP contribution in [0.4, 0.5) is 0 Å². The Morgan fingerprint density at radius 1 is 1.64 bits per heavy atom. The van der Waals surface area contributed by atoms with Gasteiger partial charge in [-0.1, -0.05) is 0 Å². The van der Waals surface area contributed by atoms with Crippen LogP contribution in [0.3, 0.4) is 0 Å². The minimum atomic E-state index is -1.02. The molecule has 0 saturated carbocycles. The summed E-state index contributed by atoms with van der Waals surface area (Å²) in [7, 11) is 1.47. The number of thioether (sulfide) groups is 1. The highest BCUT2D eigenvalue weighted by atomic mass is 32.2. The molecule has 0 amide bonds. The van der Waals surface area contributed by atoms with Crippen molar-refractivity contribution in [2.24, 2.45) is 0 Å². The maximum atomic E-state index is 10.6. The second-order valence-electron chi connectivity index (χ2n) is 2.36. The van der Waals surface area contributed by atoms with Crippen molar-refractivity contribution < 1.29 is 14.6 Å². The van der Waals surface area contributed by atoms with Gasteiger partial charge in [-0.2, -0.15) is 5.26 Å². The largest absolute Gasteiger partial charge is 0.496 e. The number of nitriles is 1. The summed E-state index contributed by atoms with van der Waals surface area (Å²) in [5, 5.41) is 19.1. The van der Waals surface area contributed by atoms with Crippen molar-refractivity contribution in [1.82, 2.24) is 0 Å². The predicted molar refractivity (Wildman–Crippen MR) is 51.4 cm³/mol. The van der Waals surface area contributed by atoms with Gasteiger partial charge in [0.05, 0.1) is 17.6 Å². The van der Waals surface area contributed by atoms with Crippen LogP contribution in [0.15, 0.2) is 23.1 Å². The summed E-state index contributed by atoms with van der Waals surface area (Å²) in [6.45, 7) is 0.